The smallest absolute Gasteiger partial charge is 0.231 e. The summed E-state index contributed by atoms with van der Waals surface area (Å²) >= 11 is 0. The van der Waals surface area contributed by atoms with Crippen LogP contribution in [-0.2, 0) is 0 Å². The van der Waals surface area contributed by atoms with Gasteiger partial charge in [0.15, 0.2) is 0 Å². The quantitative estimate of drug-likeness (QED) is 0.348. The van der Waals surface area contributed by atoms with Crippen molar-refractivity contribution in [1.82, 2.24) is 24.9 Å². The summed E-state index contributed by atoms with van der Waals surface area (Å²) in [4.78, 5) is 29.1. The predicted molar refractivity (Wildman–Crippen MR) is 157 cm³/mol. The van der Waals surface area contributed by atoms with Gasteiger partial charge in [0.25, 0.3) is 0 Å². The maximum absolute atomic E-state index is 13.3. The first-order valence-corrected chi connectivity index (χ1v) is 14.1. The van der Waals surface area contributed by atoms with Crippen molar-refractivity contribution >= 4 is 29.2 Å². The number of β-amino-alcohol motifs (C(OH)–C–C–N with tert-alkyl or cyclic N) is 1. The van der Waals surface area contributed by atoms with Gasteiger partial charge in [-0.2, -0.15) is 4.98 Å². The molecule has 10 nitrogen and oxygen atoms in total. The molecule has 2 aliphatic heterocycles. The van der Waals surface area contributed by atoms with Crippen LogP contribution in [0.5, 0.6) is 0 Å². The third kappa shape index (κ3) is 6.35. The zero-order valence-electron chi connectivity index (χ0n) is 23.1. The minimum atomic E-state index is -0.261. The van der Waals surface area contributed by atoms with Gasteiger partial charge in [-0.15, -0.1) is 0 Å². The third-order valence-corrected chi connectivity index (χ3v) is 7.82. The number of hydrogen-bond donors (Lipinski definition) is 2. The molecule has 2 aliphatic rings. The van der Waals surface area contributed by atoms with Crippen molar-refractivity contribution in [2.45, 2.75) is 31.8 Å². The van der Waals surface area contributed by atoms with Gasteiger partial charge in [0.2, 0.25) is 17.8 Å². The SMILES string of the molecule is CC(c1ccc(F)cc1)c1cnc(N2CCN(c3ncnc(Nc4ccc(N5CCCC(O)C5)cc4)n3)CC2)nc1. The van der Waals surface area contributed by atoms with Crippen LogP contribution in [0.25, 0.3) is 0 Å². The van der Waals surface area contributed by atoms with Crippen LogP contribution in [-0.4, -0.2) is 75.4 Å². The first-order chi connectivity index (χ1) is 20.0. The van der Waals surface area contributed by atoms with Crippen LogP contribution in [0.15, 0.2) is 67.3 Å². The molecule has 2 saturated heterocycles. The van der Waals surface area contributed by atoms with E-state index in [-0.39, 0.29) is 17.8 Å². The van der Waals surface area contributed by atoms with Gasteiger partial charge < -0.3 is 25.1 Å². The zero-order chi connectivity index (χ0) is 28.2. The van der Waals surface area contributed by atoms with E-state index in [1.54, 1.807) is 12.1 Å². The van der Waals surface area contributed by atoms with E-state index in [0.29, 0.717) is 24.4 Å². The minimum Gasteiger partial charge on any atom is -0.391 e. The molecule has 0 saturated carbocycles. The van der Waals surface area contributed by atoms with Crippen molar-refractivity contribution in [3.05, 3.63) is 84.2 Å². The van der Waals surface area contributed by atoms with E-state index in [1.165, 1.54) is 18.5 Å². The molecule has 2 atom stereocenters. The Hall–Kier alpha value is -4.38. The standard InChI is InChI=1S/C30H34FN9O/c1-21(22-4-6-24(31)7-5-22)23-17-32-29(33-18-23)38-13-15-39(16-14-38)30-35-20-34-28(37-30)36-25-8-10-26(11-9-25)40-12-2-3-27(41)19-40/h4-11,17-18,20-21,27,41H,2-3,12-16,19H2,1H3,(H,34,35,36,37). The molecule has 4 aromatic rings. The molecule has 2 aromatic carbocycles. The van der Waals surface area contributed by atoms with Gasteiger partial charge >= 0.3 is 0 Å². The van der Waals surface area contributed by atoms with Crippen LogP contribution >= 0.6 is 0 Å². The highest BCUT2D eigenvalue weighted by atomic mass is 19.1. The van der Waals surface area contributed by atoms with Gasteiger partial charge in [-0.3, -0.25) is 0 Å². The summed E-state index contributed by atoms with van der Waals surface area (Å²) in [6.07, 6.45) is 6.85. The molecule has 0 radical (unpaired) electrons. The molecule has 2 fully saturated rings. The van der Waals surface area contributed by atoms with Crippen molar-refractivity contribution in [1.29, 1.82) is 0 Å². The van der Waals surface area contributed by atoms with Crippen LogP contribution in [0, 0.1) is 5.82 Å². The van der Waals surface area contributed by atoms with E-state index < -0.39 is 0 Å². The van der Waals surface area contributed by atoms with E-state index in [9.17, 15) is 9.50 Å². The highest BCUT2D eigenvalue weighted by Crippen LogP contribution is 2.25. The number of rotatable bonds is 7. The van der Waals surface area contributed by atoms with E-state index in [4.69, 9.17) is 0 Å². The Morgan fingerprint density at radius 1 is 0.805 bits per heavy atom. The molecular formula is C30H34FN9O. The van der Waals surface area contributed by atoms with E-state index in [2.05, 4.69) is 64.0 Å². The Morgan fingerprint density at radius 2 is 1.49 bits per heavy atom. The number of piperazine rings is 1. The predicted octanol–water partition coefficient (Wildman–Crippen LogP) is 3.98. The zero-order valence-corrected chi connectivity index (χ0v) is 23.1. The second kappa shape index (κ2) is 12.0. The molecule has 0 aliphatic carbocycles. The van der Waals surface area contributed by atoms with Crippen molar-refractivity contribution in [3.63, 3.8) is 0 Å². The molecule has 0 spiro atoms. The molecule has 2 N–H and O–H groups in total. The number of piperidine rings is 1. The molecule has 212 valence electrons. The Kier molecular flexibility index (Phi) is 7.86. The van der Waals surface area contributed by atoms with Gasteiger partial charge in [-0.05, 0) is 60.4 Å². The maximum Gasteiger partial charge on any atom is 0.231 e. The summed E-state index contributed by atoms with van der Waals surface area (Å²) in [5.41, 5.74) is 4.01. The van der Waals surface area contributed by atoms with Gasteiger partial charge in [0, 0.05) is 69.0 Å². The van der Waals surface area contributed by atoms with Crippen LogP contribution in [0.3, 0.4) is 0 Å². The first kappa shape index (κ1) is 26.8. The molecule has 0 bridgehead atoms. The van der Waals surface area contributed by atoms with Crippen LogP contribution in [0.2, 0.25) is 0 Å². The van der Waals surface area contributed by atoms with E-state index in [1.807, 2.05) is 24.5 Å². The molecule has 0 amide bonds. The normalized spacial score (nSPS) is 18.3. The number of aromatic nitrogens is 5. The topological polar surface area (TPSA) is 106 Å². The number of aliphatic hydroxyl groups excluding tert-OH is 1. The average molecular weight is 556 g/mol. The molecule has 41 heavy (non-hydrogen) atoms. The second-order valence-corrected chi connectivity index (χ2v) is 10.6. The number of benzene rings is 2. The van der Waals surface area contributed by atoms with Crippen LogP contribution < -0.4 is 20.0 Å². The fourth-order valence-electron chi connectivity index (χ4n) is 5.34. The highest BCUT2D eigenvalue weighted by Gasteiger charge is 2.22. The lowest BCUT2D eigenvalue weighted by Gasteiger charge is -2.34. The fraction of sp³-hybridized carbons (Fsp3) is 0.367. The molecule has 2 unspecified atom stereocenters. The largest absolute Gasteiger partial charge is 0.391 e. The molecule has 4 heterocycles. The maximum atomic E-state index is 13.3. The first-order valence-electron chi connectivity index (χ1n) is 14.1. The number of nitrogens with one attached hydrogen (secondary N) is 1. The Morgan fingerprint density at radius 3 is 2.17 bits per heavy atom. The van der Waals surface area contributed by atoms with Gasteiger partial charge in [0.05, 0.1) is 6.10 Å². The van der Waals surface area contributed by atoms with Crippen LogP contribution in [0.1, 0.15) is 36.8 Å². The third-order valence-electron chi connectivity index (χ3n) is 7.82. The summed E-state index contributed by atoms with van der Waals surface area (Å²) in [5, 5.41) is 13.2. The lowest BCUT2D eigenvalue weighted by atomic mass is 9.95. The van der Waals surface area contributed by atoms with Crippen LogP contribution in [0.4, 0.5) is 33.6 Å². The minimum absolute atomic E-state index is 0.0785. The lowest BCUT2D eigenvalue weighted by molar-refractivity contribution is 0.154. The molecule has 11 heteroatoms. The number of nitrogens with zero attached hydrogens (tertiary/aromatic N) is 8. The number of halogens is 1. The average Bonchev–Trinajstić information content (AvgIpc) is 3.02. The van der Waals surface area contributed by atoms with Crippen molar-refractivity contribution in [2.75, 3.05) is 59.3 Å². The Labute approximate surface area is 238 Å². The van der Waals surface area contributed by atoms with Crippen molar-refractivity contribution in [2.24, 2.45) is 0 Å². The van der Waals surface area contributed by atoms with Crippen molar-refractivity contribution < 1.29 is 9.50 Å². The highest BCUT2D eigenvalue weighted by molar-refractivity contribution is 5.60. The molecular weight excluding hydrogens is 521 g/mol. The van der Waals surface area contributed by atoms with Crippen molar-refractivity contribution in [3.8, 4) is 0 Å². The lowest BCUT2D eigenvalue weighted by Crippen LogP contribution is -2.47. The van der Waals surface area contributed by atoms with Gasteiger partial charge in [-0.1, -0.05) is 19.1 Å². The molecule has 6 rings (SSSR count). The number of hydrogen-bond acceptors (Lipinski definition) is 10. The summed E-state index contributed by atoms with van der Waals surface area (Å²) in [5.74, 6) is 1.66. The van der Waals surface area contributed by atoms with E-state index >= 15 is 0 Å². The summed E-state index contributed by atoms with van der Waals surface area (Å²) in [7, 11) is 0. The number of anilines is 5. The second-order valence-electron chi connectivity index (χ2n) is 10.6. The molecule has 2 aromatic heterocycles. The summed E-state index contributed by atoms with van der Waals surface area (Å²) in [6, 6.07) is 14.7. The monoisotopic (exact) mass is 555 g/mol. The van der Waals surface area contributed by atoms with Gasteiger partial charge in [-0.25, -0.2) is 24.3 Å². The van der Waals surface area contributed by atoms with Gasteiger partial charge in [0.1, 0.15) is 12.1 Å². The Bertz CT molecular complexity index is 1430. The summed E-state index contributed by atoms with van der Waals surface area (Å²) in [6.45, 7) is 6.65. The number of aliphatic hydroxyl groups is 1. The summed E-state index contributed by atoms with van der Waals surface area (Å²) < 4.78 is 13.3. The Balaban J connectivity index is 1.04. The van der Waals surface area contributed by atoms with E-state index in [0.717, 1.165) is 68.1 Å². The fourth-order valence-corrected chi connectivity index (χ4v) is 5.34.